The Morgan fingerprint density at radius 1 is 1.10 bits per heavy atom. The average Bonchev–Trinajstić information content (AvgIpc) is 2.54. The Morgan fingerprint density at radius 2 is 1.86 bits per heavy atom. The van der Waals surface area contributed by atoms with E-state index in [1.54, 1.807) is 0 Å². The van der Waals surface area contributed by atoms with Gasteiger partial charge in [-0.25, -0.2) is 0 Å². The van der Waals surface area contributed by atoms with Crippen LogP contribution in [0.15, 0.2) is 42.5 Å². The van der Waals surface area contributed by atoms with Crippen LogP contribution >= 0.6 is 0 Å². The lowest BCUT2D eigenvalue weighted by Crippen LogP contribution is -2.17. The molecule has 21 heavy (non-hydrogen) atoms. The highest BCUT2D eigenvalue weighted by molar-refractivity contribution is 5.39. The van der Waals surface area contributed by atoms with Crippen molar-refractivity contribution in [3.63, 3.8) is 0 Å². The summed E-state index contributed by atoms with van der Waals surface area (Å²) in [5.74, 6) is 0.873. The van der Waals surface area contributed by atoms with Crippen molar-refractivity contribution in [3.05, 3.63) is 64.7 Å². The second kappa shape index (κ2) is 6.29. The van der Waals surface area contributed by atoms with Crippen LogP contribution in [-0.4, -0.2) is 5.11 Å². The molecule has 0 aromatic heterocycles. The van der Waals surface area contributed by atoms with Crippen molar-refractivity contribution in [2.45, 2.75) is 38.5 Å². The molecule has 1 aliphatic rings. The van der Waals surface area contributed by atoms with Crippen LogP contribution in [-0.2, 0) is 19.6 Å². The number of ether oxygens (including phenoxy) is 1. The van der Waals surface area contributed by atoms with Crippen LogP contribution in [0.2, 0.25) is 0 Å². The van der Waals surface area contributed by atoms with E-state index in [4.69, 9.17) is 15.6 Å². The first-order valence-electron chi connectivity index (χ1n) is 7.46. The van der Waals surface area contributed by atoms with Gasteiger partial charge in [-0.05, 0) is 53.6 Å². The number of rotatable bonds is 4. The van der Waals surface area contributed by atoms with Crippen LogP contribution in [0.4, 0.5) is 0 Å². The van der Waals surface area contributed by atoms with E-state index in [-0.39, 0.29) is 12.6 Å². The first-order valence-corrected chi connectivity index (χ1v) is 7.46. The van der Waals surface area contributed by atoms with E-state index in [0.717, 1.165) is 29.7 Å². The highest BCUT2D eigenvalue weighted by Gasteiger charge is 2.17. The number of aliphatic hydroxyl groups is 1. The van der Waals surface area contributed by atoms with Gasteiger partial charge in [-0.3, -0.25) is 0 Å². The van der Waals surface area contributed by atoms with Gasteiger partial charge < -0.3 is 15.6 Å². The molecule has 0 aliphatic heterocycles. The summed E-state index contributed by atoms with van der Waals surface area (Å²) in [6.45, 7) is 0.601. The summed E-state index contributed by atoms with van der Waals surface area (Å²) in [4.78, 5) is 0. The summed E-state index contributed by atoms with van der Waals surface area (Å²) in [7, 11) is 0. The molecular formula is C18H21NO2. The topological polar surface area (TPSA) is 55.5 Å². The smallest absolute Gasteiger partial charge is 0.120 e. The van der Waals surface area contributed by atoms with Crippen molar-refractivity contribution < 1.29 is 9.84 Å². The zero-order valence-electron chi connectivity index (χ0n) is 12.1. The molecular weight excluding hydrogens is 262 g/mol. The minimum absolute atomic E-state index is 0.0733. The molecule has 2 aromatic carbocycles. The number of aryl methyl sites for hydroxylation is 1. The highest BCUT2D eigenvalue weighted by atomic mass is 16.5. The van der Waals surface area contributed by atoms with Gasteiger partial charge in [0.15, 0.2) is 0 Å². The number of hydrogen-bond acceptors (Lipinski definition) is 3. The maximum absolute atomic E-state index is 9.03. The van der Waals surface area contributed by atoms with Crippen LogP contribution < -0.4 is 10.5 Å². The van der Waals surface area contributed by atoms with Crippen molar-refractivity contribution in [3.8, 4) is 5.75 Å². The lowest BCUT2D eigenvalue weighted by atomic mass is 9.88. The predicted octanol–water partition coefficient (Wildman–Crippen LogP) is 3.09. The van der Waals surface area contributed by atoms with Crippen molar-refractivity contribution in [2.24, 2.45) is 5.73 Å². The van der Waals surface area contributed by atoms with Gasteiger partial charge in [0.2, 0.25) is 0 Å². The number of aliphatic hydroxyl groups excluding tert-OH is 1. The molecule has 2 aromatic rings. The summed E-state index contributed by atoms with van der Waals surface area (Å²) >= 11 is 0. The maximum atomic E-state index is 9.03. The lowest BCUT2D eigenvalue weighted by Gasteiger charge is -2.22. The van der Waals surface area contributed by atoms with Gasteiger partial charge in [0.25, 0.3) is 0 Å². The van der Waals surface area contributed by atoms with Crippen LogP contribution in [0.5, 0.6) is 5.75 Å². The van der Waals surface area contributed by atoms with Crippen LogP contribution in [0, 0.1) is 0 Å². The fourth-order valence-electron chi connectivity index (χ4n) is 2.81. The first-order chi connectivity index (χ1) is 10.3. The van der Waals surface area contributed by atoms with E-state index in [9.17, 15) is 0 Å². The molecule has 0 saturated carbocycles. The molecule has 110 valence electrons. The standard InChI is InChI=1S/C18H21NO2/c19-18-3-1-2-15-8-9-16(10-17(15)18)21-12-14-6-4-13(11-20)5-7-14/h4-10,18,20H,1-3,11-12,19H2/t18-/m1/s1. The Labute approximate surface area is 125 Å². The van der Waals surface area contributed by atoms with Gasteiger partial charge in [0.05, 0.1) is 6.61 Å². The van der Waals surface area contributed by atoms with E-state index in [0.29, 0.717) is 6.61 Å². The fraction of sp³-hybridized carbons (Fsp3) is 0.333. The highest BCUT2D eigenvalue weighted by Crippen LogP contribution is 2.31. The van der Waals surface area contributed by atoms with Gasteiger partial charge in [0.1, 0.15) is 12.4 Å². The SMILES string of the molecule is N[C@@H]1CCCc2ccc(OCc3ccc(CO)cc3)cc21. The van der Waals surface area contributed by atoms with Gasteiger partial charge in [-0.1, -0.05) is 30.3 Å². The number of nitrogens with two attached hydrogens (primary N) is 1. The van der Waals surface area contributed by atoms with E-state index in [1.807, 2.05) is 30.3 Å². The summed E-state index contributed by atoms with van der Waals surface area (Å²) in [5, 5.41) is 9.03. The van der Waals surface area contributed by atoms with Crippen LogP contribution in [0.1, 0.15) is 41.1 Å². The quantitative estimate of drug-likeness (QED) is 0.906. The third-order valence-electron chi connectivity index (χ3n) is 4.09. The monoisotopic (exact) mass is 283 g/mol. The Morgan fingerprint density at radius 3 is 2.62 bits per heavy atom. The van der Waals surface area contributed by atoms with E-state index in [2.05, 4.69) is 12.1 Å². The van der Waals surface area contributed by atoms with E-state index < -0.39 is 0 Å². The van der Waals surface area contributed by atoms with Crippen LogP contribution in [0.25, 0.3) is 0 Å². The Balaban J connectivity index is 1.68. The first kappa shape index (κ1) is 14.1. The Kier molecular flexibility index (Phi) is 4.23. The summed E-state index contributed by atoms with van der Waals surface area (Å²) in [6, 6.07) is 14.2. The maximum Gasteiger partial charge on any atom is 0.120 e. The number of hydrogen-bond donors (Lipinski definition) is 2. The lowest BCUT2D eigenvalue weighted by molar-refractivity contribution is 0.281. The zero-order chi connectivity index (χ0) is 14.7. The molecule has 3 heteroatoms. The third-order valence-corrected chi connectivity index (χ3v) is 4.09. The molecule has 0 fully saturated rings. The molecule has 3 N–H and O–H groups in total. The molecule has 0 heterocycles. The molecule has 3 nitrogen and oxygen atoms in total. The van der Waals surface area contributed by atoms with Gasteiger partial charge >= 0.3 is 0 Å². The number of fused-ring (bicyclic) bond motifs is 1. The average molecular weight is 283 g/mol. The summed E-state index contributed by atoms with van der Waals surface area (Å²) in [5.41, 5.74) is 10.8. The molecule has 0 bridgehead atoms. The Bertz CT molecular complexity index is 607. The second-order valence-electron chi connectivity index (χ2n) is 5.62. The molecule has 1 atom stereocenters. The second-order valence-corrected chi connectivity index (χ2v) is 5.62. The minimum atomic E-state index is 0.0733. The van der Waals surface area contributed by atoms with Crippen LogP contribution in [0.3, 0.4) is 0 Å². The van der Waals surface area contributed by atoms with Gasteiger partial charge in [0, 0.05) is 6.04 Å². The fourth-order valence-corrected chi connectivity index (χ4v) is 2.81. The normalized spacial score (nSPS) is 17.3. The van der Waals surface area contributed by atoms with Crippen molar-refractivity contribution in [2.75, 3.05) is 0 Å². The summed E-state index contributed by atoms with van der Waals surface area (Å²) in [6.07, 6.45) is 3.34. The molecule has 1 aliphatic carbocycles. The molecule has 3 rings (SSSR count). The third kappa shape index (κ3) is 3.26. The van der Waals surface area contributed by atoms with Gasteiger partial charge in [-0.15, -0.1) is 0 Å². The molecule has 0 unspecified atom stereocenters. The minimum Gasteiger partial charge on any atom is -0.489 e. The molecule has 0 radical (unpaired) electrons. The van der Waals surface area contributed by atoms with Gasteiger partial charge in [-0.2, -0.15) is 0 Å². The Hall–Kier alpha value is -1.84. The molecule has 0 saturated heterocycles. The van der Waals surface area contributed by atoms with Crippen molar-refractivity contribution in [1.82, 2.24) is 0 Å². The predicted molar refractivity (Wildman–Crippen MR) is 83.0 cm³/mol. The molecule has 0 spiro atoms. The van der Waals surface area contributed by atoms with Crippen molar-refractivity contribution >= 4 is 0 Å². The zero-order valence-corrected chi connectivity index (χ0v) is 12.1. The largest absolute Gasteiger partial charge is 0.489 e. The van der Waals surface area contributed by atoms with E-state index >= 15 is 0 Å². The number of benzene rings is 2. The van der Waals surface area contributed by atoms with Crippen molar-refractivity contribution in [1.29, 1.82) is 0 Å². The summed E-state index contributed by atoms with van der Waals surface area (Å²) < 4.78 is 5.86. The van der Waals surface area contributed by atoms with E-state index in [1.165, 1.54) is 17.5 Å². The molecule has 0 amide bonds.